The maximum Gasteiger partial charge on any atom is 0.255 e. The molecule has 2 fully saturated rings. The molecule has 0 saturated carbocycles. The maximum absolute atomic E-state index is 14.1. The molecule has 4 amide bonds. The minimum absolute atomic E-state index is 0.182. The molecule has 16 nitrogen and oxygen atoms in total. The number of amides is 4. The summed E-state index contributed by atoms with van der Waals surface area (Å²) in [5, 5.41) is 54.0. The van der Waals surface area contributed by atoms with E-state index in [1.54, 1.807) is 31.1 Å². The van der Waals surface area contributed by atoms with Gasteiger partial charge in [0.15, 0.2) is 24.4 Å². The van der Waals surface area contributed by atoms with Crippen LogP contribution < -0.4 is 10.6 Å². The van der Waals surface area contributed by atoms with Gasteiger partial charge in [-0.05, 0) is 103 Å². The van der Waals surface area contributed by atoms with Gasteiger partial charge >= 0.3 is 0 Å². The number of hydrogen-bond acceptors (Lipinski definition) is 10. The first-order valence-corrected chi connectivity index (χ1v) is 23.6. The van der Waals surface area contributed by atoms with Crippen LogP contribution >= 0.6 is 0 Å². The van der Waals surface area contributed by atoms with Gasteiger partial charge in [0.25, 0.3) is 23.6 Å². The molecule has 7 aromatic rings. The average molecular weight is 945 g/mol. The van der Waals surface area contributed by atoms with Crippen molar-refractivity contribution in [2.24, 2.45) is 0 Å². The Bertz CT molecular complexity index is 2930. The van der Waals surface area contributed by atoms with E-state index >= 15 is 0 Å². The molecule has 5 aromatic carbocycles. The fourth-order valence-electron chi connectivity index (χ4n) is 9.77. The number of fused-ring (bicyclic) bond motifs is 1. The second-order valence-corrected chi connectivity index (χ2v) is 18.2. The lowest BCUT2D eigenvalue weighted by Gasteiger charge is -2.29. The number of para-hydroxylation sites is 2. The van der Waals surface area contributed by atoms with E-state index in [4.69, 9.17) is 0 Å². The zero-order valence-corrected chi connectivity index (χ0v) is 38.8. The van der Waals surface area contributed by atoms with E-state index in [0.717, 1.165) is 50.2 Å². The fourth-order valence-corrected chi connectivity index (χ4v) is 9.77. The van der Waals surface area contributed by atoms with Gasteiger partial charge in [-0.1, -0.05) is 91.0 Å². The summed E-state index contributed by atoms with van der Waals surface area (Å²) in [6.45, 7) is 4.03. The molecule has 16 heteroatoms. The normalized spacial score (nSPS) is 19.5. The fraction of sp³-hybridized carbons (Fsp3) is 0.296. The Morgan fingerprint density at radius 1 is 0.600 bits per heavy atom. The number of aliphatic hydroxyl groups excluding tert-OH is 4. The van der Waals surface area contributed by atoms with E-state index in [-0.39, 0.29) is 12.5 Å². The molecular formula is C54H56N8O8. The molecule has 0 bridgehead atoms. The predicted octanol–water partition coefficient (Wildman–Crippen LogP) is 5.13. The lowest BCUT2D eigenvalue weighted by molar-refractivity contribution is -0.154. The largest absolute Gasteiger partial charge is 0.380 e. The Labute approximate surface area is 404 Å². The quantitative estimate of drug-likeness (QED) is 0.0797. The smallest absolute Gasteiger partial charge is 0.255 e. The summed E-state index contributed by atoms with van der Waals surface area (Å²) in [4.78, 5) is 61.8. The molecule has 2 aliphatic heterocycles. The van der Waals surface area contributed by atoms with Crippen molar-refractivity contribution in [2.75, 3.05) is 13.1 Å². The van der Waals surface area contributed by atoms with Crippen LogP contribution in [0.15, 0.2) is 152 Å². The van der Waals surface area contributed by atoms with Crippen molar-refractivity contribution in [3.05, 3.63) is 180 Å². The number of imidazole rings is 1. The van der Waals surface area contributed by atoms with Gasteiger partial charge in [0.05, 0.1) is 40.9 Å². The van der Waals surface area contributed by atoms with Crippen LogP contribution in [0.2, 0.25) is 0 Å². The Hall–Kier alpha value is -7.50. The molecule has 0 spiro atoms. The molecule has 4 heterocycles. The average Bonchev–Trinajstić information content (AvgIpc) is 4.26. The van der Waals surface area contributed by atoms with E-state index < -0.39 is 72.2 Å². The molecule has 1 unspecified atom stereocenters. The molecule has 0 radical (unpaired) electrons. The van der Waals surface area contributed by atoms with Gasteiger partial charge in [-0.3, -0.25) is 23.7 Å². The number of aromatic nitrogens is 4. The monoisotopic (exact) mass is 944 g/mol. The summed E-state index contributed by atoms with van der Waals surface area (Å²) >= 11 is 0. The van der Waals surface area contributed by atoms with Crippen LogP contribution in [0.4, 0.5) is 0 Å². The van der Waals surface area contributed by atoms with Gasteiger partial charge in [-0.25, -0.2) is 9.67 Å². The van der Waals surface area contributed by atoms with Crippen molar-refractivity contribution < 1.29 is 39.6 Å². The van der Waals surface area contributed by atoms with E-state index in [1.165, 1.54) is 9.80 Å². The lowest BCUT2D eigenvalue weighted by atomic mass is 9.92. The number of benzene rings is 5. The van der Waals surface area contributed by atoms with Crippen LogP contribution in [0, 0.1) is 0 Å². The molecular weight excluding hydrogens is 889 g/mol. The summed E-state index contributed by atoms with van der Waals surface area (Å²) in [5.74, 6) is -3.47. The number of carbonyl (C=O) groups is 4. The molecule has 2 saturated heterocycles. The minimum Gasteiger partial charge on any atom is -0.380 e. The molecule has 2 aliphatic rings. The highest BCUT2D eigenvalue weighted by atomic mass is 16.4. The van der Waals surface area contributed by atoms with Gasteiger partial charge in [-0.15, -0.1) is 0 Å². The highest BCUT2D eigenvalue weighted by Crippen LogP contribution is 2.42. The summed E-state index contributed by atoms with van der Waals surface area (Å²) < 4.78 is 3.66. The zero-order valence-electron chi connectivity index (χ0n) is 38.8. The van der Waals surface area contributed by atoms with Gasteiger partial charge in [0, 0.05) is 37.1 Å². The standard InChI is InChI=1S/C54H56N8O8/c1-33(35-19-23-41(24-20-35)61-32-55-43-12-6-7-13-45(43)61)57-52(68)48(64)50(66)54(70)60-31-40(30-46(60)38-10-4-3-5-11-38)37-15-17-39(18-16-37)44-14-8-28-59(44)53(69)49(65)47(63)51(67)58-34(2)36-21-25-42(26-22-36)62-29-9-27-56-62/h3-7,9-13,15-27,29,32-34,40,44,46-50,63-66H,8,14,28,30-31H2,1-2H3,(H,57,68)(H,58,67)/t33-,34-,40?,44-,46-,47-,48-,49-,50-/m1/s1. The molecule has 2 aromatic heterocycles. The second-order valence-electron chi connectivity index (χ2n) is 18.2. The van der Waals surface area contributed by atoms with Crippen molar-refractivity contribution in [2.45, 2.75) is 87.6 Å². The van der Waals surface area contributed by atoms with Crippen molar-refractivity contribution in [3.63, 3.8) is 0 Å². The number of hydrogen-bond donors (Lipinski definition) is 6. The van der Waals surface area contributed by atoms with Crippen LogP contribution in [0.25, 0.3) is 22.4 Å². The van der Waals surface area contributed by atoms with Crippen molar-refractivity contribution in [3.8, 4) is 11.4 Å². The SMILES string of the molecule is C[C@@H](NC(=O)[C@H](O)[C@@H](O)C(=O)N1CCC[C@@H]1c1ccc(C2C[C@H](c3ccccc3)N(C(=O)[C@H](O)[C@@H](O)C(=O)N[C@H](C)c3ccc(-n4cnc5ccccc54)cc3)C2)cc1)c1ccc(-n2cccn2)cc1. The Kier molecular flexibility index (Phi) is 14.0. The Balaban J connectivity index is 0.817. The second kappa shape index (κ2) is 20.6. The number of nitrogens with zero attached hydrogens (tertiary/aromatic N) is 6. The summed E-state index contributed by atoms with van der Waals surface area (Å²) in [6.07, 6.45) is -1.05. The van der Waals surface area contributed by atoms with Crippen LogP contribution in [-0.2, 0) is 19.2 Å². The Morgan fingerprint density at radius 2 is 1.16 bits per heavy atom. The zero-order chi connectivity index (χ0) is 49.1. The number of likely N-dealkylation sites (tertiary alicyclic amines) is 2. The van der Waals surface area contributed by atoms with Gasteiger partial charge in [0.1, 0.15) is 6.33 Å². The van der Waals surface area contributed by atoms with E-state index in [2.05, 4.69) is 20.7 Å². The lowest BCUT2D eigenvalue weighted by Crippen LogP contribution is -2.51. The van der Waals surface area contributed by atoms with E-state index in [0.29, 0.717) is 25.8 Å². The first-order chi connectivity index (χ1) is 33.9. The maximum atomic E-state index is 14.1. The highest BCUT2D eigenvalue weighted by molar-refractivity contribution is 5.92. The molecule has 0 aliphatic carbocycles. The molecule has 6 N–H and O–H groups in total. The predicted molar refractivity (Wildman–Crippen MR) is 260 cm³/mol. The number of carbonyl (C=O) groups excluding carboxylic acids is 4. The van der Waals surface area contributed by atoms with Crippen LogP contribution in [0.5, 0.6) is 0 Å². The third-order valence-electron chi connectivity index (χ3n) is 13.7. The summed E-state index contributed by atoms with van der Waals surface area (Å²) in [5.41, 5.74) is 7.60. The molecule has 360 valence electrons. The van der Waals surface area contributed by atoms with Gasteiger partial charge in [0.2, 0.25) is 0 Å². The van der Waals surface area contributed by atoms with Gasteiger partial charge < -0.3 is 40.9 Å². The first kappa shape index (κ1) is 47.6. The molecule has 9 rings (SSSR count). The topological polar surface area (TPSA) is 215 Å². The van der Waals surface area contributed by atoms with Crippen LogP contribution in [0.3, 0.4) is 0 Å². The summed E-state index contributed by atoms with van der Waals surface area (Å²) in [7, 11) is 0. The third kappa shape index (κ3) is 9.84. The first-order valence-electron chi connectivity index (χ1n) is 23.6. The third-order valence-corrected chi connectivity index (χ3v) is 13.7. The van der Waals surface area contributed by atoms with Crippen molar-refractivity contribution >= 4 is 34.7 Å². The van der Waals surface area contributed by atoms with Crippen molar-refractivity contribution in [1.29, 1.82) is 0 Å². The number of rotatable bonds is 15. The van der Waals surface area contributed by atoms with E-state index in [1.807, 2.05) is 144 Å². The van der Waals surface area contributed by atoms with E-state index in [9.17, 15) is 39.6 Å². The minimum atomic E-state index is -2.03. The highest BCUT2D eigenvalue weighted by Gasteiger charge is 2.43. The van der Waals surface area contributed by atoms with Gasteiger partial charge in [-0.2, -0.15) is 5.10 Å². The van der Waals surface area contributed by atoms with Crippen molar-refractivity contribution in [1.82, 2.24) is 39.8 Å². The molecule has 70 heavy (non-hydrogen) atoms. The molecule has 9 atom stereocenters. The Morgan fingerprint density at radius 3 is 1.77 bits per heavy atom. The van der Waals surface area contributed by atoms with Crippen LogP contribution in [-0.4, -0.2) is 111 Å². The number of aliphatic hydroxyl groups is 4. The summed E-state index contributed by atoms with van der Waals surface area (Å²) in [6, 6.07) is 39.6. The van der Waals surface area contributed by atoms with Crippen LogP contribution in [0.1, 0.15) is 91.0 Å². The number of nitrogens with one attached hydrogen (secondary N) is 2.